The molecule has 4 nitrogen and oxygen atoms in total. The van der Waals surface area contributed by atoms with Gasteiger partial charge >= 0.3 is 0 Å². The molecular weight excluding hydrogens is 283 g/mol. The van der Waals surface area contributed by atoms with E-state index < -0.39 is 0 Å². The number of rotatable bonds is 5. The van der Waals surface area contributed by atoms with E-state index in [-0.39, 0.29) is 17.6 Å². The van der Waals surface area contributed by atoms with Gasteiger partial charge in [-0.3, -0.25) is 9.59 Å². The maximum absolute atomic E-state index is 12.8. The zero-order valence-corrected chi connectivity index (χ0v) is 12.2. The van der Waals surface area contributed by atoms with Crippen LogP contribution in [0.3, 0.4) is 0 Å². The van der Waals surface area contributed by atoms with Crippen molar-refractivity contribution in [1.82, 2.24) is 5.32 Å². The Morgan fingerprint density at radius 1 is 1.09 bits per heavy atom. The van der Waals surface area contributed by atoms with E-state index in [0.29, 0.717) is 24.2 Å². The van der Waals surface area contributed by atoms with Crippen LogP contribution in [0.25, 0.3) is 0 Å². The molecule has 0 bridgehead atoms. The van der Waals surface area contributed by atoms with E-state index in [2.05, 4.69) is 10.6 Å². The Bertz CT molecular complexity index is 669. The first-order chi connectivity index (χ1) is 10.5. The van der Waals surface area contributed by atoms with Gasteiger partial charge in [0.2, 0.25) is 5.91 Å². The average Bonchev–Trinajstić information content (AvgIpc) is 2.49. The van der Waals surface area contributed by atoms with Crippen LogP contribution in [-0.4, -0.2) is 18.4 Å². The lowest BCUT2D eigenvalue weighted by molar-refractivity contribution is -0.114. The van der Waals surface area contributed by atoms with Gasteiger partial charge in [-0.1, -0.05) is 18.2 Å². The maximum Gasteiger partial charge on any atom is 0.251 e. The van der Waals surface area contributed by atoms with Crippen LogP contribution in [0.1, 0.15) is 22.8 Å². The quantitative estimate of drug-likeness (QED) is 0.892. The van der Waals surface area contributed by atoms with Crippen LogP contribution in [0.2, 0.25) is 0 Å². The Balaban J connectivity index is 1.89. The van der Waals surface area contributed by atoms with Crippen molar-refractivity contribution in [3.8, 4) is 0 Å². The number of hydrogen-bond acceptors (Lipinski definition) is 2. The number of carbonyl (C=O) groups excluding carboxylic acids is 2. The molecule has 0 saturated carbocycles. The van der Waals surface area contributed by atoms with Crippen LogP contribution >= 0.6 is 0 Å². The summed E-state index contributed by atoms with van der Waals surface area (Å²) in [6.45, 7) is 1.87. The summed E-state index contributed by atoms with van der Waals surface area (Å²) >= 11 is 0. The van der Waals surface area contributed by atoms with Gasteiger partial charge in [-0.25, -0.2) is 4.39 Å². The molecule has 2 aromatic rings. The third-order valence-corrected chi connectivity index (χ3v) is 3.06. The summed E-state index contributed by atoms with van der Waals surface area (Å²) in [6.07, 6.45) is 0.622. The summed E-state index contributed by atoms with van der Waals surface area (Å²) in [4.78, 5) is 23.1. The molecule has 0 unspecified atom stereocenters. The molecule has 0 aliphatic carbocycles. The van der Waals surface area contributed by atoms with Crippen LogP contribution in [0.5, 0.6) is 0 Å². The monoisotopic (exact) mass is 300 g/mol. The lowest BCUT2D eigenvalue weighted by Crippen LogP contribution is -2.25. The lowest BCUT2D eigenvalue weighted by Gasteiger charge is -2.07. The minimum Gasteiger partial charge on any atom is -0.352 e. The first kappa shape index (κ1) is 15.7. The first-order valence-electron chi connectivity index (χ1n) is 6.95. The second kappa shape index (κ2) is 7.36. The molecule has 0 spiro atoms. The SMILES string of the molecule is CC(=O)Nc1cccc(C(=O)NCCc2ccc(F)cc2)c1. The molecule has 0 heterocycles. The zero-order valence-electron chi connectivity index (χ0n) is 12.2. The van der Waals surface area contributed by atoms with Gasteiger partial charge in [-0.05, 0) is 42.3 Å². The third-order valence-electron chi connectivity index (χ3n) is 3.06. The second-order valence-corrected chi connectivity index (χ2v) is 4.89. The molecule has 2 rings (SSSR count). The van der Waals surface area contributed by atoms with Gasteiger partial charge in [0.1, 0.15) is 5.82 Å². The first-order valence-corrected chi connectivity index (χ1v) is 6.95. The normalized spacial score (nSPS) is 10.1. The molecule has 0 saturated heterocycles. The van der Waals surface area contributed by atoms with Crippen molar-refractivity contribution in [1.29, 1.82) is 0 Å². The number of nitrogens with one attached hydrogen (secondary N) is 2. The molecule has 5 heteroatoms. The van der Waals surface area contributed by atoms with Crippen molar-refractivity contribution in [3.05, 3.63) is 65.5 Å². The molecule has 0 aromatic heterocycles. The molecule has 0 aliphatic rings. The highest BCUT2D eigenvalue weighted by molar-refractivity contribution is 5.96. The van der Waals surface area contributed by atoms with Crippen LogP contribution in [0.4, 0.5) is 10.1 Å². The smallest absolute Gasteiger partial charge is 0.251 e. The number of benzene rings is 2. The molecule has 2 amide bonds. The molecule has 0 aliphatic heterocycles. The number of halogens is 1. The number of carbonyl (C=O) groups is 2. The van der Waals surface area contributed by atoms with E-state index in [1.807, 2.05) is 0 Å². The minimum atomic E-state index is -0.275. The summed E-state index contributed by atoms with van der Waals surface area (Å²) in [7, 11) is 0. The highest BCUT2D eigenvalue weighted by atomic mass is 19.1. The van der Waals surface area contributed by atoms with Crippen molar-refractivity contribution >= 4 is 17.5 Å². The van der Waals surface area contributed by atoms with Crippen LogP contribution in [0.15, 0.2) is 48.5 Å². The number of anilines is 1. The fourth-order valence-electron chi connectivity index (χ4n) is 2.01. The highest BCUT2D eigenvalue weighted by Gasteiger charge is 2.06. The Kier molecular flexibility index (Phi) is 5.25. The molecule has 0 fully saturated rings. The van der Waals surface area contributed by atoms with Gasteiger partial charge in [0.05, 0.1) is 0 Å². The topological polar surface area (TPSA) is 58.2 Å². The lowest BCUT2D eigenvalue weighted by atomic mass is 10.1. The van der Waals surface area contributed by atoms with E-state index in [4.69, 9.17) is 0 Å². The van der Waals surface area contributed by atoms with E-state index in [1.54, 1.807) is 36.4 Å². The van der Waals surface area contributed by atoms with Crippen molar-refractivity contribution in [2.75, 3.05) is 11.9 Å². The van der Waals surface area contributed by atoms with E-state index in [0.717, 1.165) is 5.56 Å². The van der Waals surface area contributed by atoms with Gasteiger partial charge in [0.25, 0.3) is 5.91 Å². The molecule has 22 heavy (non-hydrogen) atoms. The summed E-state index contributed by atoms with van der Waals surface area (Å²) in [5.41, 5.74) is 2.01. The molecular formula is C17H17FN2O2. The molecule has 2 aromatic carbocycles. The predicted molar refractivity (Wildman–Crippen MR) is 83.2 cm³/mol. The zero-order chi connectivity index (χ0) is 15.9. The predicted octanol–water partition coefficient (Wildman–Crippen LogP) is 2.76. The van der Waals surface area contributed by atoms with Crippen molar-refractivity contribution < 1.29 is 14.0 Å². The Labute approximate surface area is 128 Å². The third kappa shape index (κ3) is 4.70. The average molecular weight is 300 g/mol. The largest absolute Gasteiger partial charge is 0.352 e. The summed E-state index contributed by atoms with van der Waals surface area (Å²) in [6, 6.07) is 12.9. The minimum absolute atomic E-state index is 0.186. The molecule has 114 valence electrons. The second-order valence-electron chi connectivity index (χ2n) is 4.89. The highest BCUT2D eigenvalue weighted by Crippen LogP contribution is 2.10. The van der Waals surface area contributed by atoms with Gasteiger partial charge in [0, 0.05) is 24.7 Å². The van der Waals surface area contributed by atoms with E-state index in [9.17, 15) is 14.0 Å². The molecule has 0 radical (unpaired) electrons. The van der Waals surface area contributed by atoms with Crippen molar-refractivity contribution in [2.45, 2.75) is 13.3 Å². The Morgan fingerprint density at radius 3 is 2.50 bits per heavy atom. The number of hydrogen-bond donors (Lipinski definition) is 2. The van der Waals surface area contributed by atoms with Crippen LogP contribution in [0, 0.1) is 5.82 Å². The summed E-state index contributed by atoms with van der Waals surface area (Å²) < 4.78 is 12.8. The molecule has 0 atom stereocenters. The molecule has 2 N–H and O–H groups in total. The van der Waals surface area contributed by atoms with Gasteiger partial charge in [-0.15, -0.1) is 0 Å². The standard InChI is InChI=1S/C17H17FN2O2/c1-12(21)20-16-4-2-3-14(11-16)17(22)19-10-9-13-5-7-15(18)8-6-13/h2-8,11H,9-10H2,1H3,(H,19,22)(H,20,21). The summed E-state index contributed by atoms with van der Waals surface area (Å²) in [5.74, 6) is -0.675. The van der Waals surface area contributed by atoms with Gasteiger partial charge in [0.15, 0.2) is 0 Å². The van der Waals surface area contributed by atoms with Crippen molar-refractivity contribution in [3.63, 3.8) is 0 Å². The Morgan fingerprint density at radius 2 is 1.82 bits per heavy atom. The van der Waals surface area contributed by atoms with Gasteiger partial charge < -0.3 is 10.6 Å². The fourth-order valence-corrected chi connectivity index (χ4v) is 2.01. The van der Waals surface area contributed by atoms with E-state index in [1.165, 1.54) is 19.1 Å². The van der Waals surface area contributed by atoms with E-state index >= 15 is 0 Å². The summed E-state index contributed by atoms with van der Waals surface area (Å²) in [5, 5.41) is 5.43. The maximum atomic E-state index is 12.8. The number of amides is 2. The Hall–Kier alpha value is -2.69. The fraction of sp³-hybridized carbons (Fsp3) is 0.176. The van der Waals surface area contributed by atoms with Crippen LogP contribution in [-0.2, 0) is 11.2 Å². The van der Waals surface area contributed by atoms with Gasteiger partial charge in [-0.2, -0.15) is 0 Å². The van der Waals surface area contributed by atoms with Crippen molar-refractivity contribution in [2.24, 2.45) is 0 Å². The van der Waals surface area contributed by atoms with Crippen LogP contribution < -0.4 is 10.6 Å².